The summed E-state index contributed by atoms with van der Waals surface area (Å²) in [7, 11) is 3.20. The Morgan fingerprint density at radius 2 is 2.29 bits per heavy atom. The van der Waals surface area contributed by atoms with Gasteiger partial charge in [-0.3, -0.25) is 14.9 Å². The summed E-state index contributed by atoms with van der Waals surface area (Å²) in [5.74, 6) is -0.307. The van der Waals surface area contributed by atoms with E-state index in [1.165, 1.54) is 19.2 Å². The Morgan fingerprint density at radius 1 is 1.57 bits per heavy atom. The van der Waals surface area contributed by atoms with Crippen LogP contribution in [0.15, 0.2) is 12.1 Å². The Morgan fingerprint density at radius 3 is 2.81 bits per heavy atom. The second-order valence-electron chi connectivity index (χ2n) is 4.79. The van der Waals surface area contributed by atoms with E-state index in [0.717, 1.165) is 6.42 Å². The Labute approximate surface area is 127 Å². The number of carbonyl (C=O) groups excluding carboxylic acids is 1. The van der Waals surface area contributed by atoms with Crippen LogP contribution in [-0.2, 0) is 4.74 Å². The first-order valence-electron chi connectivity index (χ1n) is 6.46. The van der Waals surface area contributed by atoms with Gasteiger partial charge in [0, 0.05) is 32.3 Å². The van der Waals surface area contributed by atoms with Gasteiger partial charge in [0.15, 0.2) is 0 Å². The third-order valence-corrected chi connectivity index (χ3v) is 3.83. The number of nitro benzene ring substituents is 1. The zero-order valence-electron chi connectivity index (χ0n) is 11.8. The molecule has 1 fully saturated rings. The lowest BCUT2D eigenvalue weighted by atomic mass is 10.1. The van der Waals surface area contributed by atoms with Gasteiger partial charge in [-0.2, -0.15) is 0 Å². The average Bonchev–Trinajstić information content (AvgIpc) is 2.98. The van der Waals surface area contributed by atoms with E-state index in [-0.39, 0.29) is 33.9 Å². The van der Waals surface area contributed by atoms with Gasteiger partial charge in [-0.25, -0.2) is 0 Å². The third kappa shape index (κ3) is 3.08. The lowest BCUT2D eigenvalue weighted by molar-refractivity contribution is -0.384. The molecule has 0 saturated carbocycles. The van der Waals surface area contributed by atoms with Gasteiger partial charge in [0.05, 0.1) is 22.6 Å². The molecule has 1 atom stereocenters. The lowest BCUT2D eigenvalue weighted by Gasteiger charge is -2.23. The van der Waals surface area contributed by atoms with Crippen LogP contribution in [0.25, 0.3) is 0 Å². The molecule has 1 saturated heterocycles. The molecule has 1 unspecified atom stereocenters. The van der Waals surface area contributed by atoms with Gasteiger partial charge in [-0.1, -0.05) is 11.6 Å². The molecule has 0 aliphatic carbocycles. The smallest absolute Gasteiger partial charge is 0.294 e. The SMILES string of the molecule is CNc1c(Cl)cc(C(=O)N(C)C2CCOC2)cc1[N+](=O)[O-]. The van der Waals surface area contributed by atoms with Crippen LogP contribution in [0.5, 0.6) is 0 Å². The molecule has 0 aromatic heterocycles. The largest absolute Gasteiger partial charge is 0.381 e. The van der Waals surface area contributed by atoms with Gasteiger partial charge >= 0.3 is 0 Å². The lowest BCUT2D eigenvalue weighted by Crippen LogP contribution is -2.37. The highest BCUT2D eigenvalue weighted by molar-refractivity contribution is 6.34. The molecule has 0 bridgehead atoms. The number of hydrogen-bond acceptors (Lipinski definition) is 5. The van der Waals surface area contributed by atoms with Crippen LogP contribution in [0.1, 0.15) is 16.8 Å². The van der Waals surface area contributed by atoms with E-state index >= 15 is 0 Å². The number of nitrogens with one attached hydrogen (secondary N) is 1. The summed E-state index contributed by atoms with van der Waals surface area (Å²) in [6.45, 7) is 1.09. The molecule has 2 rings (SSSR count). The quantitative estimate of drug-likeness (QED) is 0.680. The summed E-state index contributed by atoms with van der Waals surface area (Å²) in [6, 6.07) is 2.67. The van der Waals surface area contributed by atoms with Crippen molar-refractivity contribution >= 4 is 28.9 Å². The van der Waals surface area contributed by atoms with Crippen LogP contribution >= 0.6 is 11.6 Å². The highest BCUT2D eigenvalue weighted by atomic mass is 35.5. The second-order valence-corrected chi connectivity index (χ2v) is 5.20. The van der Waals surface area contributed by atoms with E-state index < -0.39 is 4.92 Å². The van der Waals surface area contributed by atoms with Crippen LogP contribution in [0.3, 0.4) is 0 Å². The number of nitrogens with zero attached hydrogens (tertiary/aromatic N) is 2. The minimum Gasteiger partial charge on any atom is -0.381 e. The number of benzene rings is 1. The standard InChI is InChI=1S/C13H16ClN3O4/c1-15-12-10(14)5-8(6-11(12)17(19)20)13(18)16(2)9-3-4-21-7-9/h5-6,9,15H,3-4,7H2,1-2H3. The van der Waals surface area contributed by atoms with E-state index in [2.05, 4.69) is 5.32 Å². The van der Waals surface area contributed by atoms with Crippen LogP contribution in [0, 0.1) is 10.1 Å². The Balaban J connectivity index is 2.35. The maximum atomic E-state index is 12.4. The van der Waals surface area contributed by atoms with Gasteiger partial charge in [-0.15, -0.1) is 0 Å². The highest BCUT2D eigenvalue weighted by Crippen LogP contribution is 2.34. The van der Waals surface area contributed by atoms with Crippen molar-refractivity contribution in [3.05, 3.63) is 32.8 Å². The van der Waals surface area contributed by atoms with Crippen molar-refractivity contribution in [1.29, 1.82) is 0 Å². The molecular formula is C13H16ClN3O4. The average molecular weight is 314 g/mol. The molecule has 114 valence electrons. The van der Waals surface area contributed by atoms with E-state index in [4.69, 9.17) is 16.3 Å². The fraction of sp³-hybridized carbons (Fsp3) is 0.462. The number of anilines is 1. The predicted molar refractivity (Wildman–Crippen MR) is 79.0 cm³/mol. The van der Waals surface area contributed by atoms with Crippen LogP contribution in [0.4, 0.5) is 11.4 Å². The molecular weight excluding hydrogens is 298 g/mol. The summed E-state index contributed by atoms with van der Waals surface area (Å²) >= 11 is 6.02. The van der Waals surface area contributed by atoms with Crippen molar-refractivity contribution in [2.45, 2.75) is 12.5 Å². The van der Waals surface area contributed by atoms with E-state index in [1.807, 2.05) is 0 Å². The van der Waals surface area contributed by atoms with Gasteiger partial charge in [0.1, 0.15) is 5.69 Å². The molecule has 7 nitrogen and oxygen atoms in total. The maximum absolute atomic E-state index is 12.4. The van der Waals surface area contributed by atoms with Gasteiger partial charge in [0.2, 0.25) is 0 Å². The monoisotopic (exact) mass is 313 g/mol. The molecule has 0 radical (unpaired) electrons. The first-order chi connectivity index (χ1) is 9.95. The maximum Gasteiger partial charge on any atom is 0.294 e. The van der Waals surface area contributed by atoms with E-state index in [1.54, 1.807) is 11.9 Å². The van der Waals surface area contributed by atoms with Gasteiger partial charge in [0.25, 0.3) is 11.6 Å². The molecule has 1 heterocycles. The van der Waals surface area contributed by atoms with Gasteiger partial charge in [-0.05, 0) is 12.5 Å². The fourth-order valence-corrected chi connectivity index (χ4v) is 2.61. The zero-order valence-corrected chi connectivity index (χ0v) is 12.5. The van der Waals surface area contributed by atoms with Crippen molar-refractivity contribution in [3.8, 4) is 0 Å². The molecule has 1 amide bonds. The molecule has 1 N–H and O–H groups in total. The minimum absolute atomic E-state index is 0.0145. The van der Waals surface area contributed by atoms with Crippen LogP contribution in [-0.4, -0.2) is 49.1 Å². The predicted octanol–water partition coefficient (Wildman–Crippen LogP) is 2.15. The number of amides is 1. The van der Waals surface area contributed by atoms with Crippen LogP contribution < -0.4 is 5.32 Å². The van der Waals surface area contributed by atoms with Crippen molar-refractivity contribution in [1.82, 2.24) is 4.90 Å². The van der Waals surface area contributed by atoms with Crippen LogP contribution in [0.2, 0.25) is 5.02 Å². The van der Waals surface area contributed by atoms with Crippen molar-refractivity contribution < 1.29 is 14.5 Å². The molecule has 1 aromatic rings. The molecule has 1 aliphatic rings. The highest BCUT2D eigenvalue weighted by Gasteiger charge is 2.27. The molecule has 21 heavy (non-hydrogen) atoms. The summed E-state index contributed by atoms with van der Waals surface area (Å²) in [5, 5.41) is 13.9. The molecule has 1 aromatic carbocycles. The normalized spacial score (nSPS) is 17.6. The number of likely N-dealkylation sites (N-methyl/N-ethyl adjacent to an activating group) is 1. The Kier molecular flexibility index (Phi) is 4.64. The molecule has 0 spiro atoms. The van der Waals surface area contributed by atoms with Crippen molar-refractivity contribution in [2.24, 2.45) is 0 Å². The summed E-state index contributed by atoms with van der Waals surface area (Å²) in [6.07, 6.45) is 0.757. The summed E-state index contributed by atoms with van der Waals surface area (Å²) in [4.78, 5) is 24.5. The second kappa shape index (κ2) is 6.28. The number of rotatable bonds is 4. The number of hydrogen-bond donors (Lipinski definition) is 1. The Hall–Kier alpha value is -1.86. The van der Waals surface area contributed by atoms with E-state index in [9.17, 15) is 14.9 Å². The van der Waals surface area contributed by atoms with Crippen molar-refractivity contribution in [3.63, 3.8) is 0 Å². The van der Waals surface area contributed by atoms with Gasteiger partial charge < -0.3 is 15.0 Å². The number of nitro groups is 1. The first-order valence-corrected chi connectivity index (χ1v) is 6.84. The molecule has 8 heteroatoms. The van der Waals surface area contributed by atoms with E-state index in [0.29, 0.717) is 13.2 Å². The number of carbonyl (C=O) groups is 1. The number of halogens is 1. The Bertz CT molecular complexity index is 573. The first kappa shape index (κ1) is 15.5. The summed E-state index contributed by atoms with van der Waals surface area (Å²) < 4.78 is 5.25. The molecule has 1 aliphatic heterocycles. The minimum atomic E-state index is -0.562. The number of ether oxygens (including phenoxy) is 1. The van der Waals surface area contributed by atoms with Crippen molar-refractivity contribution in [2.75, 3.05) is 32.6 Å². The third-order valence-electron chi connectivity index (χ3n) is 3.54. The zero-order chi connectivity index (χ0) is 15.6. The summed E-state index contributed by atoms with van der Waals surface area (Å²) in [5.41, 5.74) is 0.176. The topological polar surface area (TPSA) is 84.7 Å². The fourth-order valence-electron chi connectivity index (χ4n) is 2.30.